The predicted octanol–water partition coefficient (Wildman–Crippen LogP) is 5.74. The Kier molecular flexibility index (Phi) is 3.01. The van der Waals surface area contributed by atoms with Crippen LogP contribution in [0.3, 0.4) is 0 Å². The van der Waals surface area contributed by atoms with Gasteiger partial charge in [0.1, 0.15) is 11.2 Å². The van der Waals surface area contributed by atoms with Crippen molar-refractivity contribution in [3.8, 4) is 4.90 Å². The maximum Gasteiger partial charge on any atom is 0.416 e. The molecule has 1 aromatic heterocycles. The van der Waals surface area contributed by atoms with Gasteiger partial charge in [-0.05, 0) is 24.3 Å². The Labute approximate surface area is 115 Å². The van der Waals surface area contributed by atoms with Crippen LogP contribution < -0.4 is 0 Å². The Morgan fingerprint density at radius 3 is 2.40 bits per heavy atom. The molecule has 1 unspecified atom stereocenters. The molecule has 2 aromatic carbocycles. The second-order valence-electron chi connectivity index (χ2n) is 4.32. The smallest absolute Gasteiger partial charge is 0.206 e. The van der Waals surface area contributed by atoms with Crippen LogP contribution in [0, 0.1) is 5.82 Å². The van der Waals surface area contributed by atoms with Gasteiger partial charge in [-0.25, -0.2) is 4.39 Å². The highest BCUT2D eigenvalue weighted by atomic mass is 32.2. The molecule has 0 saturated heterocycles. The van der Waals surface area contributed by atoms with E-state index in [1.165, 1.54) is 12.1 Å². The molecule has 1 atom stereocenters. The van der Waals surface area contributed by atoms with Crippen molar-refractivity contribution in [2.24, 2.45) is 0 Å². The zero-order valence-electron chi connectivity index (χ0n) is 10.1. The molecule has 0 aliphatic rings. The lowest BCUT2D eigenvalue weighted by molar-refractivity contribution is -0.137. The number of hydrogen-bond acceptors (Lipinski definition) is 0. The third-order valence-corrected chi connectivity index (χ3v) is 5.04. The second-order valence-corrected chi connectivity index (χ2v) is 6.18. The molecule has 0 fully saturated rings. The van der Waals surface area contributed by atoms with Gasteiger partial charge in [0.2, 0.25) is 0 Å². The summed E-state index contributed by atoms with van der Waals surface area (Å²) >= 11 is 0. The van der Waals surface area contributed by atoms with Gasteiger partial charge in [0.05, 0.1) is 10.9 Å². The van der Waals surface area contributed by atoms with Gasteiger partial charge >= 0.3 is 6.18 Å². The van der Waals surface area contributed by atoms with Crippen LogP contribution in [0.1, 0.15) is 5.56 Å². The van der Waals surface area contributed by atoms with Crippen LogP contribution in [0.5, 0.6) is 0 Å². The average Bonchev–Trinajstić information content (AvgIpc) is 2.83. The van der Waals surface area contributed by atoms with Crippen molar-refractivity contribution in [3.63, 3.8) is 0 Å². The van der Waals surface area contributed by atoms with E-state index in [0.29, 0.717) is 10.3 Å². The summed E-state index contributed by atoms with van der Waals surface area (Å²) in [7, 11) is -0.642. The second kappa shape index (κ2) is 4.59. The molecular formula is C15H9F4S+. The van der Waals surface area contributed by atoms with Crippen molar-refractivity contribution >= 4 is 20.6 Å². The van der Waals surface area contributed by atoms with Gasteiger partial charge in [-0.2, -0.15) is 13.2 Å². The highest BCUT2D eigenvalue weighted by molar-refractivity contribution is 7.43. The summed E-state index contributed by atoms with van der Waals surface area (Å²) < 4.78 is 52.6. The van der Waals surface area contributed by atoms with E-state index in [4.69, 9.17) is 0 Å². The third-order valence-electron chi connectivity index (χ3n) is 3.04. The van der Waals surface area contributed by atoms with Crippen LogP contribution in [0.4, 0.5) is 17.6 Å². The Balaban J connectivity index is 2.19. The first kappa shape index (κ1) is 13.1. The number of fused-ring (bicyclic) bond motifs is 1. The van der Waals surface area contributed by atoms with E-state index in [9.17, 15) is 17.6 Å². The highest BCUT2D eigenvalue weighted by Gasteiger charge is 2.32. The van der Waals surface area contributed by atoms with E-state index < -0.39 is 22.2 Å². The van der Waals surface area contributed by atoms with Crippen LogP contribution in [-0.2, 0) is 6.18 Å². The molecule has 1 heterocycles. The maximum absolute atomic E-state index is 13.6. The Hall–Kier alpha value is -1.88. The molecule has 0 aliphatic carbocycles. The van der Waals surface area contributed by atoms with Gasteiger partial charge in [-0.3, -0.25) is 0 Å². The van der Waals surface area contributed by atoms with E-state index in [0.717, 1.165) is 16.8 Å². The first-order valence-electron chi connectivity index (χ1n) is 5.84. The van der Waals surface area contributed by atoms with Crippen molar-refractivity contribution in [1.82, 2.24) is 0 Å². The van der Waals surface area contributed by atoms with Crippen LogP contribution >= 0.6 is 10.5 Å². The normalized spacial score (nSPS) is 12.9. The summed E-state index contributed by atoms with van der Waals surface area (Å²) in [6.07, 6.45) is -4.37. The third kappa shape index (κ3) is 2.18. The topological polar surface area (TPSA) is 0 Å². The Bertz CT molecular complexity index is 771. The standard InChI is InChI=1S/C15H9F4S/c16-13-5-2-6-14-12(13)7-8-20(14)11-4-1-3-10(9-11)15(17,18)19/h1-9H/q+1. The molecule has 0 bridgehead atoms. The van der Waals surface area contributed by atoms with Crippen LogP contribution in [-0.4, -0.2) is 0 Å². The number of thiophene rings is 1. The van der Waals surface area contributed by atoms with Crippen molar-refractivity contribution in [3.05, 3.63) is 65.3 Å². The van der Waals surface area contributed by atoms with Crippen LogP contribution in [0.25, 0.3) is 15.0 Å². The average molecular weight is 297 g/mol. The molecule has 20 heavy (non-hydrogen) atoms. The Morgan fingerprint density at radius 2 is 1.65 bits per heavy atom. The summed E-state index contributed by atoms with van der Waals surface area (Å²) in [5.41, 5.74) is -0.680. The zero-order valence-corrected chi connectivity index (χ0v) is 10.9. The first-order valence-corrected chi connectivity index (χ1v) is 7.13. The number of alkyl halides is 3. The fourth-order valence-electron chi connectivity index (χ4n) is 2.09. The monoisotopic (exact) mass is 297 g/mol. The highest BCUT2D eigenvalue weighted by Crippen LogP contribution is 2.42. The minimum atomic E-state index is -4.37. The van der Waals surface area contributed by atoms with E-state index in [1.807, 2.05) is 0 Å². The number of hydrogen-bond donors (Lipinski definition) is 0. The summed E-state index contributed by atoms with van der Waals surface area (Å²) in [6.45, 7) is 0. The lowest BCUT2D eigenvalue weighted by atomic mass is 10.2. The molecule has 0 saturated carbocycles. The maximum atomic E-state index is 13.6. The fourth-order valence-corrected chi connectivity index (χ4v) is 4.03. The Morgan fingerprint density at radius 1 is 0.900 bits per heavy atom. The van der Waals surface area contributed by atoms with Gasteiger partial charge in [0, 0.05) is 22.6 Å². The van der Waals surface area contributed by atoms with Gasteiger partial charge < -0.3 is 0 Å². The fraction of sp³-hybridized carbons (Fsp3) is 0.0667. The number of halogens is 4. The van der Waals surface area contributed by atoms with Crippen molar-refractivity contribution < 1.29 is 17.6 Å². The summed E-state index contributed by atoms with van der Waals surface area (Å²) in [6, 6.07) is 11.5. The van der Waals surface area contributed by atoms with Crippen molar-refractivity contribution in [2.45, 2.75) is 6.18 Å². The van der Waals surface area contributed by atoms with E-state index >= 15 is 0 Å². The van der Waals surface area contributed by atoms with Crippen molar-refractivity contribution in [1.29, 1.82) is 0 Å². The van der Waals surface area contributed by atoms with E-state index in [2.05, 4.69) is 0 Å². The SMILES string of the molecule is Fc1cccc2c1cc[s+]2-c1cccc(C(F)(F)F)c1. The minimum absolute atomic E-state index is 0.347. The predicted molar refractivity (Wildman–Crippen MR) is 72.7 cm³/mol. The molecule has 5 heteroatoms. The lowest BCUT2D eigenvalue weighted by Crippen LogP contribution is -2.04. The largest absolute Gasteiger partial charge is 0.416 e. The minimum Gasteiger partial charge on any atom is -0.206 e. The zero-order chi connectivity index (χ0) is 14.3. The summed E-state index contributed by atoms with van der Waals surface area (Å²) in [4.78, 5) is 0.542. The molecule has 3 rings (SSSR count). The molecular weight excluding hydrogens is 288 g/mol. The molecule has 0 amide bonds. The molecule has 3 aromatic rings. The molecule has 0 aliphatic heterocycles. The molecule has 0 nitrogen and oxygen atoms in total. The summed E-state index contributed by atoms with van der Waals surface area (Å²) in [5.74, 6) is -0.347. The number of benzene rings is 2. The summed E-state index contributed by atoms with van der Waals surface area (Å²) in [5, 5.41) is 2.22. The van der Waals surface area contributed by atoms with Gasteiger partial charge in [-0.15, -0.1) is 0 Å². The van der Waals surface area contributed by atoms with Crippen molar-refractivity contribution in [2.75, 3.05) is 0 Å². The molecule has 0 radical (unpaired) electrons. The van der Waals surface area contributed by atoms with Crippen LogP contribution in [0.2, 0.25) is 0 Å². The molecule has 0 N–H and O–H groups in total. The van der Waals surface area contributed by atoms with E-state index in [1.54, 1.807) is 29.6 Å². The van der Waals surface area contributed by atoms with E-state index in [-0.39, 0.29) is 5.82 Å². The first-order chi connectivity index (χ1) is 9.47. The lowest BCUT2D eigenvalue weighted by Gasteiger charge is -2.05. The van der Waals surface area contributed by atoms with Gasteiger partial charge in [0.15, 0.2) is 9.60 Å². The quantitative estimate of drug-likeness (QED) is 0.397. The number of rotatable bonds is 1. The van der Waals surface area contributed by atoms with Crippen LogP contribution in [0.15, 0.2) is 53.9 Å². The molecule has 0 spiro atoms. The molecule has 102 valence electrons. The van der Waals surface area contributed by atoms with Gasteiger partial charge in [0.25, 0.3) is 0 Å². The van der Waals surface area contributed by atoms with Gasteiger partial charge in [-0.1, -0.05) is 12.1 Å².